The molecule has 0 radical (unpaired) electrons. The molecule has 0 unspecified atom stereocenters. The van der Waals surface area contributed by atoms with E-state index in [0.29, 0.717) is 6.54 Å². The minimum absolute atomic E-state index is 0.0482. The Kier molecular flexibility index (Phi) is 5.26. The molecular weight excluding hydrogens is 303 g/mol. The first kappa shape index (κ1) is 16.7. The molecule has 1 fully saturated rings. The molecular formula is C20H23FN2O. The van der Waals surface area contributed by atoms with Gasteiger partial charge in [-0.05, 0) is 44.1 Å². The lowest BCUT2D eigenvalue weighted by molar-refractivity contribution is -0.123. The molecule has 3 nitrogen and oxygen atoms in total. The number of nitrogens with zero attached hydrogens (tertiary/aromatic N) is 2. The second-order valence-electron chi connectivity index (χ2n) is 6.37. The summed E-state index contributed by atoms with van der Waals surface area (Å²) in [4.78, 5) is 16.6. The lowest BCUT2D eigenvalue weighted by Crippen LogP contribution is -2.41. The van der Waals surface area contributed by atoms with Crippen LogP contribution in [0.25, 0.3) is 0 Å². The first-order valence-corrected chi connectivity index (χ1v) is 8.43. The average molecular weight is 326 g/mol. The van der Waals surface area contributed by atoms with Gasteiger partial charge in [0.05, 0.1) is 0 Å². The number of piperidine rings is 1. The Bertz CT molecular complexity index is 681. The zero-order chi connectivity index (χ0) is 16.9. The minimum atomic E-state index is -0.153. The van der Waals surface area contributed by atoms with Crippen molar-refractivity contribution in [3.63, 3.8) is 0 Å². The van der Waals surface area contributed by atoms with Gasteiger partial charge in [-0.2, -0.15) is 0 Å². The molecule has 1 heterocycles. The molecule has 0 saturated carbocycles. The molecule has 1 aliphatic heterocycles. The molecule has 0 aromatic heterocycles. The van der Waals surface area contributed by atoms with Gasteiger partial charge in [-0.3, -0.25) is 9.69 Å². The predicted molar refractivity (Wildman–Crippen MR) is 94.3 cm³/mol. The zero-order valence-electron chi connectivity index (χ0n) is 14.0. The first-order chi connectivity index (χ1) is 11.6. The summed E-state index contributed by atoms with van der Waals surface area (Å²) >= 11 is 0. The maximum absolute atomic E-state index is 13.8. The fraction of sp³-hybridized carbons (Fsp3) is 0.350. The Labute approximate surface area is 142 Å². The monoisotopic (exact) mass is 326 g/mol. The largest absolute Gasteiger partial charge is 0.315 e. The van der Waals surface area contributed by atoms with Gasteiger partial charge in [0, 0.05) is 30.8 Å². The molecule has 3 rings (SSSR count). The third kappa shape index (κ3) is 3.82. The van der Waals surface area contributed by atoms with Crippen LogP contribution < -0.4 is 4.90 Å². The van der Waals surface area contributed by atoms with Crippen LogP contribution >= 0.6 is 0 Å². The third-order valence-electron chi connectivity index (χ3n) is 4.76. The Balaban J connectivity index is 1.55. The van der Waals surface area contributed by atoms with E-state index in [4.69, 9.17) is 0 Å². The number of hydrogen-bond acceptors (Lipinski definition) is 2. The van der Waals surface area contributed by atoms with E-state index in [9.17, 15) is 9.18 Å². The highest BCUT2D eigenvalue weighted by molar-refractivity contribution is 5.94. The van der Waals surface area contributed by atoms with E-state index >= 15 is 0 Å². The Morgan fingerprint density at radius 2 is 1.71 bits per heavy atom. The first-order valence-electron chi connectivity index (χ1n) is 8.43. The molecule has 1 amide bonds. The van der Waals surface area contributed by atoms with Crippen molar-refractivity contribution in [1.82, 2.24) is 4.90 Å². The van der Waals surface area contributed by atoms with Crippen LogP contribution in [0.1, 0.15) is 18.4 Å². The molecule has 0 atom stereocenters. The Morgan fingerprint density at radius 3 is 2.38 bits per heavy atom. The van der Waals surface area contributed by atoms with Crippen LogP contribution in [0.2, 0.25) is 0 Å². The topological polar surface area (TPSA) is 23.6 Å². The van der Waals surface area contributed by atoms with Crippen molar-refractivity contribution in [3.05, 3.63) is 66.0 Å². The van der Waals surface area contributed by atoms with Crippen molar-refractivity contribution in [3.8, 4) is 0 Å². The highest BCUT2D eigenvalue weighted by Crippen LogP contribution is 2.23. The van der Waals surface area contributed by atoms with Crippen molar-refractivity contribution in [2.75, 3.05) is 25.0 Å². The number of anilines is 1. The quantitative estimate of drug-likeness (QED) is 0.855. The summed E-state index contributed by atoms with van der Waals surface area (Å²) in [6.07, 6.45) is 1.65. The predicted octanol–water partition coefficient (Wildman–Crippen LogP) is 3.70. The second-order valence-corrected chi connectivity index (χ2v) is 6.37. The summed E-state index contributed by atoms with van der Waals surface area (Å²) in [6.45, 7) is 2.27. The lowest BCUT2D eigenvalue weighted by atomic mass is 9.95. The molecule has 0 aliphatic carbocycles. The molecule has 24 heavy (non-hydrogen) atoms. The molecule has 1 saturated heterocycles. The summed E-state index contributed by atoms with van der Waals surface area (Å²) in [5, 5.41) is 0. The van der Waals surface area contributed by atoms with Gasteiger partial charge < -0.3 is 4.90 Å². The van der Waals surface area contributed by atoms with Gasteiger partial charge in [-0.1, -0.05) is 36.4 Å². The van der Waals surface area contributed by atoms with Crippen molar-refractivity contribution in [2.24, 2.45) is 5.92 Å². The summed E-state index contributed by atoms with van der Waals surface area (Å²) < 4.78 is 13.8. The molecule has 0 spiro atoms. The van der Waals surface area contributed by atoms with E-state index in [1.165, 1.54) is 6.07 Å². The maximum atomic E-state index is 13.8. The van der Waals surface area contributed by atoms with Crippen LogP contribution in [0.4, 0.5) is 10.1 Å². The van der Waals surface area contributed by atoms with E-state index in [0.717, 1.165) is 37.2 Å². The average Bonchev–Trinajstić information content (AvgIpc) is 2.64. The summed E-state index contributed by atoms with van der Waals surface area (Å²) in [5.74, 6) is 0.0679. The number of carbonyl (C=O) groups excluding carboxylic acids is 1. The fourth-order valence-corrected chi connectivity index (χ4v) is 3.26. The van der Waals surface area contributed by atoms with Crippen molar-refractivity contribution in [1.29, 1.82) is 0 Å². The SMILES string of the molecule is CN(C(=O)C1CCN(Cc2ccccc2F)CC1)c1ccccc1. The van der Waals surface area contributed by atoms with Crippen LogP contribution in [0, 0.1) is 11.7 Å². The van der Waals surface area contributed by atoms with Gasteiger partial charge in [0.2, 0.25) is 5.91 Å². The molecule has 0 bridgehead atoms. The molecule has 126 valence electrons. The number of hydrogen-bond donors (Lipinski definition) is 0. The molecule has 2 aromatic rings. The van der Waals surface area contributed by atoms with Crippen LogP contribution in [0.3, 0.4) is 0 Å². The van der Waals surface area contributed by atoms with Crippen molar-refractivity contribution in [2.45, 2.75) is 19.4 Å². The van der Waals surface area contributed by atoms with Gasteiger partial charge in [0.15, 0.2) is 0 Å². The summed E-state index contributed by atoms with van der Waals surface area (Å²) in [5.41, 5.74) is 1.65. The Hall–Kier alpha value is -2.20. The number of likely N-dealkylation sites (tertiary alicyclic amines) is 1. The van der Waals surface area contributed by atoms with E-state index in [-0.39, 0.29) is 17.6 Å². The number of carbonyl (C=O) groups is 1. The van der Waals surface area contributed by atoms with Crippen LogP contribution in [0.5, 0.6) is 0 Å². The van der Waals surface area contributed by atoms with Crippen molar-refractivity contribution < 1.29 is 9.18 Å². The van der Waals surface area contributed by atoms with E-state index in [1.54, 1.807) is 11.0 Å². The Morgan fingerprint density at radius 1 is 1.08 bits per heavy atom. The van der Waals surface area contributed by atoms with Gasteiger partial charge in [0.1, 0.15) is 5.82 Å². The normalized spacial score (nSPS) is 16.1. The van der Waals surface area contributed by atoms with Gasteiger partial charge in [-0.15, -0.1) is 0 Å². The number of halogens is 1. The lowest BCUT2D eigenvalue weighted by Gasteiger charge is -2.33. The number of rotatable bonds is 4. The smallest absolute Gasteiger partial charge is 0.229 e. The maximum Gasteiger partial charge on any atom is 0.229 e. The van der Waals surface area contributed by atoms with E-state index in [2.05, 4.69) is 4.90 Å². The number of benzene rings is 2. The highest BCUT2D eigenvalue weighted by Gasteiger charge is 2.27. The standard InChI is InChI=1S/C20H23FN2O/c1-22(18-8-3-2-4-9-18)20(24)16-11-13-23(14-12-16)15-17-7-5-6-10-19(17)21/h2-10,16H,11-15H2,1H3. The zero-order valence-corrected chi connectivity index (χ0v) is 14.0. The molecule has 4 heteroatoms. The molecule has 2 aromatic carbocycles. The number of amides is 1. The second kappa shape index (κ2) is 7.58. The van der Waals surface area contributed by atoms with Crippen molar-refractivity contribution >= 4 is 11.6 Å². The summed E-state index contributed by atoms with van der Waals surface area (Å²) in [7, 11) is 1.84. The third-order valence-corrected chi connectivity index (χ3v) is 4.76. The van der Waals surface area contributed by atoms with Gasteiger partial charge in [-0.25, -0.2) is 4.39 Å². The minimum Gasteiger partial charge on any atom is -0.315 e. The highest BCUT2D eigenvalue weighted by atomic mass is 19.1. The van der Waals surface area contributed by atoms with E-state index < -0.39 is 0 Å². The van der Waals surface area contributed by atoms with E-state index in [1.807, 2.05) is 49.5 Å². The van der Waals surface area contributed by atoms with Gasteiger partial charge in [0.25, 0.3) is 0 Å². The number of para-hydroxylation sites is 1. The van der Waals surface area contributed by atoms with Gasteiger partial charge >= 0.3 is 0 Å². The van der Waals surface area contributed by atoms with Crippen LogP contribution in [-0.4, -0.2) is 30.9 Å². The van der Waals surface area contributed by atoms with Crippen LogP contribution in [-0.2, 0) is 11.3 Å². The van der Waals surface area contributed by atoms with Crippen LogP contribution in [0.15, 0.2) is 54.6 Å². The molecule has 0 N–H and O–H groups in total. The summed E-state index contributed by atoms with van der Waals surface area (Å²) in [6, 6.07) is 16.6. The molecule has 1 aliphatic rings. The fourth-order valence-electron chi connectivity index (χ4n) is 3.26.